The molecule has 140 valence electrons. The number of ether oxygens (including phenoxy) is 1. The van der Waals surface area contributed by atoms with Crippen LogP contribution in [0.2, 0.25) is 5.02 Å². The summed E-state index contributed by atoms with van der Waals surface area (Å²) in [6, 6.07) is 15.4. The molecule has 1 aliphatic rings. The van der Waals surface area contributed by atoms with E-state index in [1.54, 1.807) is 7.11 Å². The second kappa shape index (κ2) is 9.03. The van der Waals surface area contributed by atoms with E-state index in [0.29, 0.717) is 12.0 Å². The maximum Gasteiger partial charge on any atom is 0.134 e. The lowest BCUT2D eigenvalue weighted by atomic mass is 9.91. The Kier molecular flexibility index (Phi) is 6.74. The molecule has 1 unspecified atom stereocenters. The van der Waals surface area contributed by atoms with E-state index in [9.17, 15) is 0 Å². The SMILES string of the molecule is COC(NC1CCCCC1)c1cccc(-c2cc(Cl)ccc2C(C)C)c1. The van der Waals surface area contributed by atoms with Gasteiger partial charge in [-0.2, -0.15) is 0 Å². The van der Waals surface area contributed by atoms with Gasteiger partial charge in [-0.1, -0.05) is 69.0 Å². The molecular weight excluding hydrogens is 342 g/mol. The fourth-order valence-electron chi connectivity index (χ4n) is 3.93. The molecule has 26 heavy (non-hydrogen) atoms. The van der Waals surface area contributed by atoms with Gasteiger partial charge in [-0.3, -0.25) is 5.32 Å². The second-order valence-corrected chi connectivity index (χ2v) is 8.07. The molecule has 1 atom stereocenters. The van der Waals surface area contributed by atoms with Crippen molar-refractivity contribution >= 4 is 11.6 Å². The molecule has 0 saturated heterocycles. The fraction of sp³-hybridized carbons (Fsp3) is 0.478. The topological polar surface area (TPSA) is 21.3 Å². The summed E-state index contributed by atoms with van der Waals surface area (Å²) in [5, 5.41) is 4.48. The lowest BCUT2D eigenvalue weighted by Gasteiger charge is -2.28. The summed E-state index contributed by atoms with van der Waals surface area (Å²) < 4.78 is 5.79. The lowest BCUT2D eigenvalue weighted by molar-refractivity contribution is 0.0574. The average Bonchev–Trinajstić information content (AvgIpc) is 2.66. The van der Waals surface area contributed by atoms with Crippen LogP contribution in [-0.4, -0.2) is 13.2 Å². The molecule has 1 aliphatic carbocycles. The van der Waals surface area contributed by atoms with E-state index >= 15 is 0 Å². The van der Waals surface area contributed by atoms with Crippen molar-refractivity contribution in [3.05, 3.63) is 58.6 Å². The van der Waals surface area contributed by atoms with Gasteiger partial charge in [0.05, 0.1) is 0 Å². The molecule has 2 aromatic carbocycles. The minimum atomic E-state index is -0.0697. The molecule has 2 aromatic rings. The number of methoxy groups -OCH3 is 1. The molecular formula is C23H30ClNO. The van der Waals surface area contributed by atoms with Gasteiger partial charge >= 0.3 is 0 Å². The molecule has 0 radical (unpaired) electrons. The van der Waals surface area contributed by atoms with Crippen LogP contribution in [0.1, 0.15) is 69.2 Å². The molecule has 3 rings (SSSR count). The number of benzene rings is 2. The third kappa shape index (κ3) is 4.68. The minimum Gasteiger partial charge on any atom is -0.362 e. The highest BCUT2D eigenvalue weighted by molar-refractivity contribution is 6.30. The van der Waals surface area contributed by atoms with Crippen LogP contribution in [0.4, 0.5) is 0 Å². The molecule has 0 spiro atoms. The Balaban J connectivity index is 1.88. The van der Waals surface area contributed by atoms with Crippen molar-refractivity contribution in [2.24, 2.45) is 0 Å². The van der Waals surface area contributed by atoms with Gasteiger partial charge in [0.2, 0.25) is 0 Å². The highest BCUT2D eigenvalue weighted by Gasteiger charge is 2.19. The Hall–Kier alpha value is -1.35. The molecule has 0 amide bonds. The summed E-state index contributed by atoms with van der Waals surface area (Å²) in [6.07, 6.45) is 6.40. The minimum absolute atomic E-state index is 0.0697. The number of hydrogen-bond donors (Lipinski definition) is 1. The van der Waals surface area contributed by atoms with Crippen molar-refractivity contribution in [2.45, 2.75) is 64.1 Å². The van der Waals surface area contributed by atoms with Gasteiger partial charge in [0.1, 0.15) is 6.23 Å². The summed E-state index contributed by atoms with van der Waals surface area (Å²) in [5.41, 5.74) is 4.90. The first-order chi connectivity index (χ1) is 12.6. The first-order valence-electron chi connectivity index (χ1n) is 9.77. The summed E-state index contributed by atoms with van der Waals surface area (Å²) in [7, 11) is 1.78. The zero-order valence-electron chi connectivity index (χ0n) is 16.1. The van der Waals surface area contributed by atoms with Crippen molar-refractivity contribution in [3.63, 3.8) is 0 Å². The zero-order chi connectivity index (χ0) is 18.5. The van der Waals surface area contributed by atoms with E-state index in [4.69, 9.17) is 16.3 Å². The first kappa shape index (κ1) is 19.4. The highest BCUT2D eigenvalue weighted by atomic mass is 35.5. The van der Waals surface area contributed by atoms with Gasteiger partial charge in [-0.15, -0.1) is 0 Å². The Morgan fingerprint density at radius 1 is 1.04 bits per heavy atom. The molecule has 1 fully saturated rings. The number of hydrogen-bond acceptors (Lipinski definition) is 2. The average molecular weight is 372 g/mol. The monoisotopic (exact) mass is 371 g/mol. The third-order valence-corrected chi connectivity index (χ3v) is 5.60. The summed E-state index contributed by atoms with van der Waals surface area (Å²) in [6.45, 7) is 4.44. The smallest absolute Gasteiger partial charge is 0.134 e. The van der Waals surface area contributed by atoms with Gasteiger partial charge in [0.25, 0.3) is 0 Å². The van der Waals surface area contributed by atoms with Gasteiger partial charge in [0.15, 0.2) is 0 Å². The van der Waals surface area contributed by atoms with E-state index in [-0.39, 0.29) is 6.23 Å². The van der Waals surface area contributed by atoms with Crippen LogP contribution >= 0.6 is 11.6 Å². The fourth-order valence-corrected chi connectivity index (χ4v) is 4.11. The molecule has 3 heteroatoms. The summed E-state index contributed by atoms with van der Waals surface area (Å²) >= 11 is 6.29. The van der Waals surface area contributed by atoms with Gasteiger partial charge in [-0.25, -0.2) is 0 Å². The van der Waals surface area contributed by atoms with Crippen LogP contribution in [0.25, 0.3) is 11.1 Å². The van der Waals surface area contributed by atoms with Crippen molar-refractivity contribution < 1.29 is 4.74 Å². The number of rotatable bonds is 6. The van der Waals surface area contributed by atoms with Gasteiger partial charge in [-0.05, 0) is 59.2 Å². The summed E-state index contributed by atoms with van der Waals surface area (Å²) in [5.74, 6) is 0.449. The van der Waals surface area contributed by atoms with Crippen molar-refractivity contribution in [1.29, 1.82) is 0 Å². The molecule has 0 bridgehead atoms. The Morgan fingerprint density at radius 2 is 1.81 bits per heavy atom. The quantitative estimate of drug-likeness (QED) is 0.570. The highest BCUT2D eigenvalue weighted by Crippen LogP contribution is 2.33. The van der Waals surface area contributed by atoms with E-state index in [2.05, 4.69) is 55.6 Å². The molecule has 0 heterocycles. The zero-order valence-corrected chi connectivity index (χ0v) is 16.9. The standard InChI is InChI=1S/C23H30ClNO/c1-16(2)21-13-12-19(24)15-22(21)17-8-7-9-18(14-17)23(26-3)25-20-10-5-4-6-11-20/h7-9,12-16,20,23,25H,4-6,10-11H2,1-3H3. The first-order valence-corrected chi connectivity index (χ1v) is 10.1. The van der Waals surface area contributed by atoms with E-state index in [0.717, 1.165) is 5.02 Å². The molecule has 0 aromatic heterocycles. The Morgan fingerprint density at radius 3 is 2.50 bits per heavy atom. The van der Waals surface area contributed by atoms with Crippen molar-refractivity contribution in [3.8, 4) is 11.1 Å². The van der Waals surface area contributed by atoms with E-state index in [1.807, 2.05) is 6.07 Å². The van der Waals surface area contributed by atoms with E-state index in [1.165, 1.54) is 54.4 Å². The van der Waals surface area contributed by atoms with Crippen molar-refractivity contribution in [2.75, 3.05) is 7.11 Å². The van der Waals surface area contributed by atoms with Crippen LogP contribution in [-0.2, 0) is 4.74 Å². The van der Waals surface area contributed by atoms with Gasteiger partial charge < -0.3 is 4.74 Å². The molecule has 0 aliphatic heterocycles. The largest absolute Gasteiger partial charge is 0.362 e. The maximum absolute atomic E-state index is 6.29. The van der Waals surface area contributed by atoms with Gasteiger partial charge in [0, 0.05) is 18.2 Å². The van der Waals surface area contributed by atoms with E-state index < -0.39 is 0 Å². The molecule has 2 nitrogen and oxygen atoms in total. The predicted molar refractivity (Wildman–Crippen MR) is 111 cm³/mol. The normalized spacial score (nSPS) is 16.8. The summed E-state index contributed by atoms with van der Waals surface area (Å²) in [4.78, 5) is 0. The van der Waals surface area contributed by atoms with Crippen LogP contribution in [0, 0.1) is 0 Å². The van der Waals surface area contributed by atoms with Crippen molar-refractivity contribution in [1.82, 2.24) is 5.32 Å². The lowest BCUT2D eigenvalue weighted by Crippen LogP contribution is -2.35. The number of nitrogens with one attached hydrogen (secondary N) is 1. The molecule has 1 N–H and O–H groups in total. The van der Waals surface area contributed by atoms with Crippen LogP contribution in [0.5, 0.6) is 0 Å². The van der Waals surface area contributed by atoms with Crippen LogP contribution in [0.3, 0.4) is 0 Å². The predicted octanol–water partition coefficient (Wildman–Crippen LogP) is 6.70. The maximum atomic E-state index is 6.29. The second-order valence-electron chi connectivity index (χ2n) is 7.63. The van der Waals surface area contributed by atoms with Crippen LogP contribution in [0.15, 0.2) is 42.5 Å². The Labute approximate surface area is 162 Å². The third-order valence-electron chi connectivity index (χ3n) is 5.37. The molecule has 1 saturated carbocycles. The number of halogens is 1. The Bertz CT molecular complexity index is 722. The van der Waals surface area contributed by atoms with Crippen LogP contribution < -0.4 is 5.32 Å².